The first-order valence-electron chi connectivity index (χ1n) is 4.26. The van der Waals surface area contributed by atoms with Crippen LogP contribution in [0.3, 0.4) is 0 Å². The van der Waals surface area contributed by atoms with E-state index in [0.29, 0.717) is 12.4 Å². The fourth-order valence-electron chi connectivity index (χ4n) is 1.32. The maximum Gasteiger partial charge on any atom is 0.166 e. The van der Waals surface area contributed by atoms with Crippen LogP contribution in [0.1, 0.15) is 6.92 Å². The van der Waals surface area contributed by atoms with E-state index in [4.69, 9.17) is 4.74 Å². The van der Waals surface area contributed by atoms with Crippen molar-refractivity contribution < 1.29 is 9.84 Å². The average molecular weight is 320 g/mol. The summed E-state index contributed by atoms with van der Waals surface area (Å²) in [6, 6.07) is 5.76. The van der Waals surface area contributed by atoms with Crippen molar-refractivity contribution in [1.82, 2.24) is 0 Å². The van der Waals surface area contributed by atoms with Gasteiger partial charge in [0.2, 0.25) is 0 Å². The van der Waals surface area contributed by atoms with Crippen LogP contribution in [0, 0.1) is 2.88 Å². The van der Waals surface area contributed by atoms with E-state index in [1.807, 2.05) is 25.1 Å². The molecule has 4 heteroatoms. The highest BCUT2D eigenvalue weighted by Crippen LogP contribution is 2.39. The second-order valence-electron chi connectivity index (χ2n) is 2.81. The van der Waals surface area contributed by atoms with Gasteiger partial charge in [-0.1, -0.05) is 0 Å². The van der Waals surface area contributed by atoms with Gasteiger partial charge in [0.05, 0.1) is 9.49 Å². The zero-order chi connectivity index (χ0) is 10.1. The fourth-order valence-corrected chi connectivity index (χ4v) is 3.13. The minimum Gasteiger partial charge on any atom is -0.504 e. The highest BCUT2D eigenvalue weighted by molar-refractivity contribution is 14.1. The molecule has 0 aliphatic heterocycles. The number of phenols is 1. The molecule has 2 nitrogen and oxygen atoms in total. The topological polar surface area (TPSA) is 29.5 Å². The molecule has 0 aliphatic rings. The molecular formula is C10H9IO2S. The SMILES string of the molecule is CCOc1ccc2sc(I)cc2c1O. The van der Waals surface area contributed by atoms with Gasteiger partial charge in [-0.2, -0.15) is 0 Å². The predicted molar refractivity (Wildman–Crippen MR) is 67.4 cm³/mol. The minimum absolute atomic E-state index is 0.253. The van der Waals surface area contributed by atoms with Gasteiger partial charge in [0.1, 0.15) is 0 Å². The molecule has 0 atom stereocenters. The lowest BCUT2D eigenvalue weighted by molar-refractivity contribution is 0.320. The van der Waals surface area contributed by atoms with Gasteiger partial charge < -0.3 is 9.84 Å². The summed E-state index contributed by atoms with van der Waals surface area (Å²) in [5.41, 5.74) is 0. The van der Waals surface area contributed by atoms with Crippen molar-refractivity contribution in [3.05, 3.63) is 21.1 Å². The molecule has 0 unspecified atom stereocenters. The predicted octanol–water partition coefficient (Wildman–Crippen LogP) is 3.61. The summed E-state index contributed by atoms with van der Waals surface area (Å²) < 4.78 is 7.57. The second kappa shape index (κ2) is 3.94. The molecule has 0 saturated heterocycles. The summed E-state index contributed by atoms with van der Waals surface area (Å²) >= 11 is 3.91. The first kappa shape index (κ1) is 10.0. The Bertz CT molecular complexity index is 464. The number of benzene rings is 1. The lowest BCUT2D eigenvalue weighted by Crippen LogP contribution is -1.91. The number of phenolic OH excluding ortho intramolecular Hbond substituents is 1. The molecule has 0 fully saturated rings. The van der Waals surface area contributed by atoms with Crippen molar-refractivity contribution in [2.75, 3.05) is 6.61 Å². The van der Waals surface area contributed by atoms with E-state index < -0.39 is 0 Å². The Kier molecular flexibility index (Phi) is 2.83. The molecule has 0 radical (unpaired) electrons. The summed E-state index contributed by atoms with van der Waals surface area (Å²) in [4.78, 5) is 0. The Balaban J connectivity index is 2.61. The van der Waals surface area contributed by atoms with Crippen LogP contribution < -0.4 is 4.74 Å². The van der Waals surface area contributed by atoms with Gasteiger partial charge >= 0.3 is 0 Å². The van der Waals surface area contributed by atoms with Crippen LogP contribution >= 0.6 is 33.9 Å². The molecule has 0 spiro atoms. The molecule has 2 aromatic rings. The van der Waals surface area contributed by atoms with E-state index in [0.717, 1.165) is 10.1 Å². The average Bonchev–Trinajstić information content (AvgIpc) is 2.52. The quantitative estimate of drug-likeness (QED) is 0.857. The van der Waals surface area contributed by atoms with Gasteiger partial charge in [0.15, 0.2) is 11.5 Å². The lowest BCUT2D eigenvalue weighted by Gasteiger charge is -2.05. The number of ether oxygens (including phenoxy) is 1. The molecule has 74 valence electrons. The fraction of sp³-hybridized carbons (Fsp3) is 0.200. The Morgan fingerprint density at radius 1 is 1.50 bits per heavy atom. The van der Waals surface area contributed by atoms with Gasteiger partial charge in [0, 0.05) is 10.1 Å². The van der Waals surface area contributed by atoms with Gasteiger partial charge in [0.25, 0.3) is 0 Å². The van der Waals surface area contributed by atoms with E-state index >= 15 is 0 Å². The normalized spacial score (nSPS) is 10.7. The summed E-state index contributed by atoms with van der Waals surface area (Å²) in [5, 5.41) is 10.8. The van der Waals surface area contributed by atoms with Crippen LogP contribution in [0.25, 0.3) is 10.1 Å². The van der Waals surface area contributed by atoms with Gasteiger partial charge in [-0.25, -0.2) is 0 Å². The zero-order valence-corrected chi connectivity index (χ0v) is 10.6. The summed E-state index contributed by atoms with van der Waals surface area (Å²) in [6.07, 6.45) is 0. The summed E-state index contributed by atoms with van der Waals surface area (Å²) in [5.74, 6) is 0.817. The molecule has 1 aromatic heterocycles. The van der Waals surface area contributed by atoms with Crippen molar-refractivity contribution in [3.63, 3.8) is 0 Å². The third kappa shape index (κ3) is 1.68. The highest BCUT2D eigenvalue weighted by Gasteiger charge is 2.09. The van der Waals surface area contributed by atoms with Crippen LogP contribution in [-0.2, 0) is 0 Å². The number of fused-ring (bicyclic) bond motifs is 1. The Hall–Kier alpha value is -0.490. The largest absolute Gasteiger partial charge is 0.504 e. The number of hydrogen-bond acceptors (Lipinski definition) is 3. The second-order valence-corrected chi connectivity index (χ2v) is 5.79. The van der Waals surface area contributed by atoms with E-state index in [9.17, 15) is 5.11 Å². The number of rotatable bonds is 2. The van der Waals surface area contributed by atoms with Crippen molar-refractivity contribution in [2.24, 2.45) is 0 Å². The third-order valence-corrected chi connectivity index (χ3v) is 3.77. The zero-order valence-electron chi connectivity index (χ0n) is 7.58. The van der Waals surface area contributed by atoms with E-state index in [2.05, 4.69) is 22.6 Å². The highest BCUT2D eigenvalue weighted by atomic mass is 127. The molecule has 0 saturated carbocycles. The van der Waals surface area contributed by atoms with E-state index in [1.54, 1.807) is 11.3 Å². The van der Waals surface area contributed by atoms with Crippen molar-refractivity contribution in [2.45, 2.75) is 6.92 Å². The minimum atomic E-state index is 0.253. The molecule has 1 aromatic carbocycles. The van der Waals surface area contributed by atoms with Crippen molar-refractivity contribution in [1.29, 1.82) is 0 Å². The van der Waals surface area contributed by atoms with Crippen LogP contribution in [0.4, 0.5) is 0 Å². The standard InChI is InChI=1S/C10H9IO2S/c1-2-13-7-3-4-8-6(10(7)12)5-9(11)14-8/h3-5,12H,2H2,1H3. The molecule has 0 aliphatic carbocycles. The molecule has 1 N–H and O–H groups in total. The maximum absolute atomic E-state index is 9.87. The lowest BCUT2D eigenvalue weighted by atomic mass is 10.2. The Morgan fingerprint density at radius 2 is 2.29 bits per heavy atom. The molecule has 2 rings (SSSR count). The maximum atomic E-state index is 9.87. The van der Waals surface area contributed by atoms with Gasteiger partial charge in [-0.3, -0.25) is 0 Å². The van der Waals surface area contributed by atoms with Crippen molar-refractivity contribution in [3.8, 4) is 11.5 Å². The summed E-state index contributed by atoms with van der Waals surface area (Å²) in [7, 11) is 0. The number of halogens is 1. The van der Waals surface area contributed by atoms with Gasteiger partial charge in [-0.05, 0) is 47.7 Å². The number of aromatic hydroxyl groups is 1. The smallest absolute Gasteiger partial charge is 0.166 e. The molecular weight excluding hydrogens is 311 g/mol. The molecule has 0 bridgehead atoms. The van der Waals surface area contributed by atoms with Crippen LogP contribution in [0.2, 0.25) is 0 Å². The third-order valence-electron chi connectivity index (χ3n) is 1.91. The Labute approximate surface area is 99.7 Å². The number of hydrogen-bond donors (Lipinski definition) is 1. The van der Waals surface area contributed by atoms with E-state index in [1.165, 1.54) is 2.88 Å². The molecule has 14 heavy (non-hydrogen) atoms. The van der Waals surface area contributed by atoms with Crippen LogP contribution in [0.15, 0.2) is 18.2 Å². The molecule has 0 amide bonds. The summed E-state index contributed by atoms with van der Waals surface area (Å²) in [6.45, 7) is 2.47. The van der Waals surface area contributed by atoms with E-state index in [-0.39, 0.29) is 5.75 Å². The molecule has 1 heterocycles. The van der Waals surface area contributed by atoms with Crippen LogP contribution in [-0.4, -0.2) is 11.7 Å². The number of thiophene rings is 1. The van der Waals surface area contributed by atoms with Gasteiger partial charge in [-0.15, -0.1) is 11.3 Å². The van der Waals surface area contributed by atoms with Crippen molar-refractivity contribution >= 4 is 44.0 Å². The first-order chi connectivity index (χ1) is 6.72. The Morgan fingerprint density at radius 3 is 3.00 bits per heavy atom. The first-order valence-corrected chi connectivity index (χ1v) is 6.15. The van der Waals surface area contributed by atoms with Crippen LogP contribution in [0.5, 0.6) is 11.5 Å². The monoisotopic (exact) mass is 320 g/mol.